The SMILES string of the molecule is Cc1nn(-c2cc(F)c(Br)cc2[N+](=O)[O-])c(C)c1C(=O)O. The number of carboxylic acids is 1. The first kappa shape index (κ1) is 15.1. The molecule has 21 heavy (non-hydrogen) atoms. The van der Waals surface area contributed by atoms with E-state index in [0.717, 1.165) is 16.8 Å². The third-order valence-electron chi connectivity index (χ3n) is 2.95. The number of halogens is 2. The Morgan fingerprint density at radius 2 is 2.10 bits per heavy atom. The number of hydrogen-bond donors (Lipinski definition) is 1. The minimum atomic E-state index is -1.20. The summed E-state index contributed by atoms with van der Waals surface area (Å²) in [5.74, 6) is -1.91. The van der Waals surface area contributed by atoms with Gasteiger partial charge in [-0.3, -0.25) is 10.1 Å². The van der Waals surface area contributed by atoms with Crippen molar-refractivity contribution in [1.82, 2.24) is 9.78 Å². The monoisotopic (exact) mass is 357 g/mol. The molecule has 0 atom stereocenters. The zero-order valence-electron chi connectivity index (χ0n) is 10.9. The molecule has 0 aliphatic rings. The fourth-order valence-corrected chi connectivity index (χ4v) is 2.36. The zero-order valence-corrected chi connectivity index (χ0v) is 12.5. The maximum atomic E-state index is 13.7. The molecule has 0 aliphatic heterocycles. The van der Waals surface area contributed by atoms with Crippen LogP contribution in [-0.2, 0) is 0 Å². The molecule has 0 saturated carbocycles. The Kier molecular flexibility index (Phi) is 3.77. The molecule has 110 valence electrons. The van der Waals surface area contributed by atoms with E-state index in [0.29, 0.717) is 0 Å². The number of aryl methyl sites for hydroxylation is 1. The van der Waals surface area contributed by atoms with E-state index in [-0.39, 0.29) is 32.8 Å². The third kappa shape index (κ3) is 2.51. The molecule has 7 nitrogen and oxygen atoms in total. The molecule has 0 unspecified atom stereocenters. The fourth-order valence-electron chi connectivity index (χ4n) is 2.03. The molecule has 0 fully saturated rings. The third-order valence-corrected chi connectivity index (χ3v) is 3.56. The van der Waals surface area contributed by atoms with Gasteiger partial charge in [-0.15, -0.1) is 0 Å². The van der Waals surface area contributed by atoms with Crippen molar-refractivity contribution >= 4 is 27.6 Å². The van der Waals surface area contributed by atoms with Crippen LogP contribution in [0.2, 0.25) is 0 Å². The van der Waals surface area contributed by atoms with E-state index >= 15 is 0 Å². The lowest BCUT2D eigenvalue weighted by Gasteiger charge is -2.07. The summed E-state index contributed by atoms with van der Waals surface area (Å²) in [5, 5.41) is 24.2. The van der Waals surface area contributed by atoms with Crippen LogP contribution in [-0.4, -0.2) is 25.8 Å². The van der Waals surface area contributed by atoms with Crippen LogP contribution in [0.3, 0.4) is 0 Å². The van der Waals surface area contributed by atoms with E-state index in [1.165, 1.54) is 13.8 Å². The minimum Gasteiger partial charge on any atom is -0.478 e. The fraction of sp³-hybridized carbons (Fsp3) is 0.167. The predicted molar refractivity (Wildman–Crippen MR) is 74.3 cm³/mol. The van der Waals surface area contributed by atoms with Crippen molar-refractivity contribution in [3.8, 4) is 5.69 Å². The van der Waals surface area contributed by atoms with E-state index in [9.17, 15) is 19.3 Å². The number of nitrogens with zero attached hydrogens (tertiary/aromatic N) is 3. The minimum absolute atomic E-state index is 0.0575. The van der Waals surface area contributed by atoms with Crippen molar-refractivity contribution in [2.24, 2.45) is 0 Å². The van der Waals surface area contributed by atoms with Gasteiger partial charge in [-0.1, -0.05) is 0 Å². The first-order valence-corrected chi connectivity index (χ1v) is 6.46. The summed E-state index contributed by atoms with van der Waals surface area (Å²) in [6.45, 7) is 2.92. The normalized spacial score (nSPS) is 10.7. The van der Waals surface area contributed by atoms with E-state index in [4.69, 9.17) is 5.11 Å². The Morgan fingerprint density at radius 1 is 1.48 bits per heavy atom. The molecule has 1 heterocycles. The second-order valence-electron chi connectivity index (χ2n) is 4.27. The van der Waals surface area contributed by atoms with Gasteiger partial charge in [-0.05, 0) is 29.8 Å². The Labute approximate surface area is 126 Å². The highest BCUT2D eigenvalue weighted by Gasteiger charge is 2.25. The number of hydrogen-bond acceptors (Lipinski definition) is 4. The number of rotatable bonds is 3. The Bertz CT molecular complexity index is 772. The van der Waals surface area contributed by atoms with Crippen LogP contribution in [0.1, 0.15) is 21.7 Å². The first-order valence-electron chi connectivity index (χ1n) is 5.67. The van der Waals surface area contributed by atoms with Crippen LogP contribution in [0.5, 0.6) is 0 Å². The maximum Gasteiger partial charge on any atom is 0.339 e. The first-order chi connectivity index (χ1) is 9.73. The Balaban J connectivity index is 2.79. The van der Waals surface area contributed by atoms with Crippen molar-refractivity contribution in [3.05, 3.63) is 49.5 Å². The van der Waals surface area contributed by atoms with Crippen molar-refractivity contribution in [2.75, 3.05) is 0 Å². The second kappa shape index (κ2) is 5.24. The number of aromatic nitrogens is 2. The van der Waals surface area contributed by atoms with E-state index in [2.05, 4.69) is 21.0 Å². The number of carbonyl (C=O) groups is 1. The molecule has 1 aromatic carbocycles. The molecule has 2 rings (SSSR count). The summed E-state index contributed by atoms with van der Waals surface area (Å²) in [4.78, 5) is 21.6. The van der Waals surface area contributed by atoms with Gasteiger partial charge < -0.3 is 5.11 Å². The van der Waals surface area contributed by atoms with E-state index in [1.54, 1.807) is 0 Å². The summed E-state index contributed by atoms with van der Waals surface area (Å²) in [5.41, 5.74) is -0.199. The smallest absolute Gasteiger partial charge is 0.339 e. The highest BCUT2D eigenvalue weighted by atomic mass is 79.9. The van der Waals surface area contributed by atoms with Crippen molar-refractivity contribution < 1.29 is 19.2 Å². The van der Waals surface area contributed by atoms with Crippen molar-refractivity contribution in [1.29, 1.82) is 0 Å². The van der Waals surface area contributed by atoms with Gasteiger partial charge in [0.1, 0.15) is 17.1 Å². The van der Waals surface area contributed by atoms with Crippen LogP contribution >= 0.6 is 15.9 Å². The summed E-state index contributed by atoms with van der Waals surface area (Å²) in [7, 11) is 0. The highest BCUT2D eigenvalue weighted by molar-refractivity contribution is 9.10. The summed E-state index contributed by atoms with van der Waals surface area (Å²) in [6.07, 6.45) is 0. The Morgan fingerprint density at radius 3 is 2.57 bits per heavy atom. The lowest BCUT2D eigenvalue weighted by atomic mass is 10.2. The maximum absolute atomic E-state index is 13.7. The molecule has 0 radical (unpaired) electrons. The zero-order chi connectivity index (χ0) is 15.9. The Hall–Kier alpha value is -2.29. The van der Waals surface area contributed by atoms with Gasteiger partial charge >= 0.3 is 5.97 Å². The van der Waals surface area contributed by atoms with Gasteiger partial charge in [0.2, 0.25) is 0 Å². The molecule has 0 amide bonds. The summed E-state index contributed by atoms with van der Waals surface area (Å²) in [6, 6.07) is 1.95. The molecule has 0 bridgehead atoms. The number of nitro groups is 1. The van der Waals surface area contributed by atoms with Gasteiger partial charge in [0.05, 0.1) is 20.8 Å². The quantitative estimate of drug-likeness (QED) is 0.672. The molecule has 0 spiro atoms. The molecule has 1 N–H and O–H groups in total. The van der Waals surface area contributed by atoms with Crippen molar-refractivity contribution in [2.45, 2.75) is 13.8 Å². The summed E-state index contributed by atoms with van der Waals surface area (Å²) >= 11 is 2.88. The van der Waals surface area contributed by atoms with E-state index < -0.39 is 16.7 Å². The van der Waals surface area contributed by atoms with Crippen molar-refractivity contribution in [3.63, 3.8) is 0 Å². The molecule has 2 aromatic rings. The van der Waals surface area contributed by atoms with Gasteiger partial charge in [0, 0.05) is 12.1 Å². The molecular formula is C12H9BrFN3O4. The standard InChI is InChI=1S/C12H9BrFN3O4/c1-5-11(12(18)19)6(2)16(15-5)9-4-8(14)7(13)3-10(9)17(20)21/h3-4H,1-2H3,(H,18,19). The molecule has 1 aromatic heterocycles. The average Bonchev–Trinajstić information content (AvgIpc) is 2.67. The van der Waals surface area contributed by atoms with E-state index in [1.807, 2.05) is 0 Å². The summed E-state index contributed by atoms with van der Waals surface area (Å²) < 4.78 is 14.7. The lowest BCUT2D eigenvalue weighted by molar-refractivity contribution is -0.384. The van der Waals surface area contributed by atoms with Crippen LogP contribution in [0.15, 0.2) is 16.6 Å². The lowest BCUT2D eigenvalue weighted by Crippen LogP contribution is -2.06. The average molecular weight is 358 g/mol. The molecular weight excluding hydrogens is 349 g/mol. The largest absolute Gasteiger partial charge is 0.478 e. The molecule has 9 heteroatoms. The van der Waals surface area contributed by atoms with Crippen LogP contribution in [0, 0.1) is 29.8 Å². The van der Waals surface area contributed by atoms with Gasteiger partial charge in [0.15, 0.2) is 0 Å². The van der Waals surface area contributed by atoms with Crippen LogP contribution < -0.4 is 0 Å². The highest BCUT2D eigenvalue weighted by Crippen LogP contribution is 2.31. The van der Waals surface area contributed by atoms with Gasteiger partial charge in [0.25, 0.3) is 5.69 Å². The van der Waals surface area contributed by atoms with Gasteiger partial charge in [-0.25, -0.2) is 13.9 Å². The van der Waals surface area contributed by atoms with Crippen LogP contribution in [0.25, 0.3) is 5.69 Å². The molecule has 0 saturated heterocycles. The number of benzene rings is 1. The number of carboxylic acid groups (broad SMARTS) is 1. The second-order valence-corrected chi connectivity index (χ2v) is 5.13. The van der Waals surface area contributed by atoms with Gasteiger partial charge in [-0.2, -0.15) is 5.10 Å². The topological polar surface area (TPSA) is 98.3 Å². The number of aromatic carboxylic acids is 1. The predicted octanol–water partition coefficient (Wildman–Crippen LogP) is 3.00. The molecule has 0 aliphatic carbocycles. The number of nitro benzene ring substituents is 1. The van der Waals surface area contributed by atoms with Crippen LogP contribution in [0.4, 0.5) is 10.1 Å².